The topological polar surface area (TPSA) is 58.5 Å². The molecule has 0 aliphatic heterocycles. The van der Waals surface area contributed by atoms with Gasteiger partial charge in [-0.05, 0) is 43.0 Å². The third-order valence-electron chi connectivity index (χ3n) is 3.75. The molecule has 2 N–H and O–H groups in total. The fourth-order valence-electron chi connectivity index (χ4n) is 2.38. The van der Waals surface area contributed by atoms with Gasteiger partial charge in [0.1, 0.15) is 5.15 Å². The van der Waals surface area contributed by atoms with Crippen molar-refractivity contribution in [1.29, 1.82) is 0 Å². The Morgan fingerprint density at radius 3 is 2.59 bits per heavy atom. The molecule has 5 nitrogen and oxygen atoms in total. The van der Waals surface area contributed by atoms with Crippen LogP contribution in [0.1, 0.15) is 30.5 Å². The average Bonchev–Trinajstić information content (AvgIpc) is 2.64. The maximum absolute atomic E-state index is 5.80. The van der Waals surface area contributed by atoms with E-state index in [-0.39, 0.29) is 30.1 Å². The SMILES string of the molecule is CN=C(NCCc1ccc(Cl)nc1)NCc1cccc(COC(C)C)c1.I. The molecular weight excluding hydrogens is 475 g/mol. The van der Waals surface area contributed by atoms with E-state index in [4.69, 9.17) is 16.3 Å². The van der Waals surface area contributed by atoms with E-state index in [1.807, 2.05) is 19.9 Å². The van der Waals surface area contributed by atoms with Crippen LogP contribution >= 0.6 is 35.6 Å². The first-order valence-electron chi connectivity index (χ1n) is 8.81. The highest BCUT2D eigenvalue weighted by Crippen LogP contribution is 2.08. The van der Waals surface area contributed by atoms with Gasteiger partial charge in [0.2, 0.25) is 0 Å². The van der Waals surface area contributed by atoms with E-state index >= 15 is 0 Å². The first kappa shape index (κ1) is 23.7. The summed E-state index contributed by atoms with van der Waals surface area (Å²) in [6.07, 6.45) is 2.88. The average molecular weight is 503 g/mol. The van der Waals surface area contributed by atoms with Crippen molar-refractivity contribution in [2.75, 3.05) is 13.6 Å². The Balaban J connectivity index is 0.00000364. The van der Waals surface area contributed by atoms with Gasteiger partial charge in [0.15, 0.2) is 5.96 Å². The molecule has 0 amide bonds. The van der Waals surface area contributed by atoms with Gasteiger partial charge in [-0.1, -0.05) is 41.9 Å². The third-order valence-corrected chi connectivity index (χ3v) is 3.98. The van der Waals surface area contributed by atoms with Crippen LogP contribution in [0.3, 0.4) is 0 Å². The van der Waals surface area contributed by atoms with Gasteiger partial charge in [-0.2, -0.15) is 0 Å². The summed E-state index contributed by atoms with van der Waals surface area (Å²) in [5, 5.41) is 7.16. The normalized spacial score (nSPS) is 11.2. The smallest absolute Gasteiger partial charge is 0.191 e. The fraction of sp³-hybridized carbons (Fsp3) is 0.400. The Kier molecular flexibility index (Phi) is 11.3. The Labute approximate surface area is 184 Å². The van der Waals surface area contributed by atoms with Gasteiger partial charge in [-0.15, -0.1) is 24.0 Å². The minimum Gasteiger partial charge on any atom is -0.374 e. The van der Waals surface area contributed by atoms with Gasteiger partial charge in [0.25, 0.3) is 0 Å². The summed E-state index contributed by atoms with van der Waals surface area (Å²) >= 11 is 5.80. The van der Waals surface area contributed by atoms with Crippen molar-refractivity contribution in [3.63, 3.8) is 0 Å². The predicted molar refractivity (Wildman–Crippen MR) is 123 cm³/mol. The maximum Gasteiger partial charge on any atom is 0.191 e. The van der Waals surface area contributed by atoms with Crippen molar-refractivity contribution in [3.8, 4) is 0 Å². The van der Waals surface area contributed by atoms with Crippen molar-refractivity contribution in [2.24, 2.45) is 4.99 Å². The second-order valence-corrected chi connectivity index (χ2v) is 6.66. The van der Waals surface area contributed by atoms with Crippen LogP contribution in [-0.2, 0) is 24.3 Å². The van der Waals surface area contributed by atoms with Gasteiger partial charge in [0.05, 0.1) is 12.7 Å². The van der Waals surface area contributed by atoms with E-state index in [1.165, 1.54) is 11.1 Å². The maximum atomic E-state index is 5.80. The Hall–Kier alpha value is -1.38. The van der Waals surface area contributed by atoms with Gasteiger partial charge in [0, 0.05) is 26.3 Å². The van der Waals surface area contributed by atoms with E-state index in [9.17, 15) is 0 Å². The Bertz CT molecular complexity index is 707. The molecule has 0 spiro atoms. The lowest BCUT2D eigenvalue weighted by Crippen LogP contribution is -2.37. The van der Waals surface area contributed by atoms with Crippen molar-refractivity contribution >= 4 is 41.5 Å². The quantitative estimate of drug-likeness (QED) is 0.246. The highest BCUT2D eigenvalue weighted by Gasteiger charge is 2.02. The van der Waals surface area contributed by atoms with Crippen LogP contribution in [0, 0.1) is 0 Å². The van der Waals surface area contributed by atoms with Crippen molar-refractivity contribution in [3.05, 3.63) is 64.4 Å². The molecule has 2 aromatic rings. The van der Waals surface area contributed by atoms with Gasteiger partial charge < -0.3 is 15.4 Å². The number of aromatic nitrogens is 1. The number of guanidine groups is 1. The Morgan fingerprint density at radius 1 is 1.15 bits per heavy atom. The monoisotopic (exact) mass is 502 g/mol. The summed E-state index contributed by atoms with van der Waals surface area (Å²) < 4.78 is 5.66. The molecule has 2 rings (SSSR count). The minimum absolute atomic E-state index is 0. The highest BCUT2D eigenvalue weighted by atomic mass is 127. The number of halogens is 2. The molecule has 148 valence electrons. The van der Waals surface area contributed by atoms with Gasteiger partial charge in [-0.25, -0.2) is 4.98 Å². The fourth-order valence-corrected chi connectivity index (χ4v) is 2.49. The summed E-state index contributed by atoms with van der Waals surface area (Å²) in [6.45, 7) is 6.19. The minimum atomic E-state index is 0. The molecule has 7 heteroatoms. The van der Waals surface area contributed by atoms with Crippen LogP contribution < -0.4 is 10.6 Å². The van der Waals surface area contributed by atoms with Crippen molar-refractivity contribution in [2.45, 2.75) is 39.5 Å². The van der Waals surface area contributed by atoms with Crippen molar-refractivity contribution in [1.82, 2.24) is 15.6 Å². The Morgan fingerprint density at radius 2 is 1.93 bits per heavy atom. The summed E-state index contributed by atoms with van der Waals surface area (Å²) in [4.78, 5) is 8.35. The molecule has 0 atom stereocenters. The van der Waals surface area contributed by atoms with Gasteiger partial charge in [-0.3, -0.25) is 4.99 Å². The van der Waals surface area contributed by atoms with Crippen LogP contribution in [0.2, 0.25) is 5.15 Å². The molecule has 1 aromatic carbocycles. The number of rotatable bonds is 8. The lowest BCUT2D eigenvalue weighted by atomic mass is 10.1. The van der Waals surface area contributed by atoms with Crippen LogP contribution in [-0.4, -0.2) is 30.6 Å². The number of nitrogens with one attached hydrogen (secondary N) is 2. The first-order chi connectivity index (χ1) is 12.6. The van der Waals surface area contributed by atoms with E-state index < -0.39 is 0 Å². The second-order valence-electron chi connectivity index (χ2n) is 6.27. The summed E-state index contributed by atoms with van der Waals surface area (Å²) in [6, 6.07) is 12.2. The molecule has 0 radical (unpaired) electrons. The van der Waals surface area contributed by atoms with Crippen LogP contribution in [0.25, 0.3) is 0 Å². The van der Waals surface area contributed by atoms with E-state index in [0.717, 1.165) is 24.5 Å². The molecular formula is C20H28ClIN4O. The number of benzene rings is 1. The van der Waals surface area contributed by atoms with Gasteiger partial charge >= 0.3 is 0 Å². The van der Waals surface area contributed by atoms with Crippen LogP contribution in [0.5, 0.6) is 0 Å². The lowest BCUT2D eigenvalue weighted by Gasteiger charge is -2.13. The highest BCUT2D eigenvalue weighted by molar-refractivity contribution is 14.0. The molecule has 0 aliphatic carbocycles. The molecule has 0 unspecified atom stereocenters. The number of nitrogens with zero attached hydrogens (tertiary/aromatic N) is 2. The van der Waals surface area contributed by atoms with E-state index in [0.29, 0.717) is 18.3 Å². The first-order valence-corrected chi connectivity index (χ1v) is 9.19. The number of hydrogen-bond acceptors (Lipinski definition) is 3. The van der Waals surface area contributed by atoms with Crippen molar-refractivity contribution < 1.29 is 4.74 Å². The molecule has 0 bridgehead atoms. The zero-order valence-corrected chi connectivity index (χ0v) is 19.1. The zero-order valence-electron chi connectivity index (χ0n) is 16.0. The largest absolute Gasteiger partial charge is 0.374 e. The third kappa shape index (κ3) is 9.39. The number of hydrogen-bond donors (Lipinski definition) is 2. The number of aliphatic imine (C=N–C) groups is 1. The summed E-state index contributed by atoms with van der Waals surface area (Å²) in [5.74, 6) is 0.774. The molecule has 0 fully saturated rings. The zero-order chi connectivity index (χ0) is 18.8. The summed E-state index contributed by atoms with van der Waals surface area (Å²) in [5.41, 5.74) is 3.51. The molecule has 1 heterocycles. The number of pyridine rings is 1. The van der Waals surface area contributed by atoms with E-state index in [2.05, 4.69) is 44.9 Å². The molecule has 1 aromatic heterocycles. The lowest BCUT2D eigenvalue weighted by molar-refractivity contribution is 0.0657. The number of ether oxygens (including phenoxy) is 1. The second kappa shape index (κ2) is 12.9. The molecule has 0 aliphatic rings. The van der Waals surface area contributed by atoms with Crippen LogP contribution in [0.15, 0.2) is 47.6 Å². The molecule has 0 saturated heterocycles. The van der Waals surface area contributed by atoms with Crippen LogP contribution in [0.4, 0.5) is 0 Å². The molecule has 27 heavy (non-hydrogen) atoms. The summed E-state index contributed by atoms with van der Waals surface area (Å²) in [7, 11) is 1.77. The predicted octanol–water partition coefficient (Wildman–Crippen LogP) is 4.19. The standard InChI is InChI=1S/C20H27ClN4O.HI/c1-15(2)26-14-18-6-4-5-17(11-18)13-25-20(22-3)23-10-9-16-7-8-19(21)24-12-16;/h4-8,11-12,15H,9-10,13-14H2,1-3H3,(H2,22,23,25);1H. The molecule has 0 saturated carbocycles. The van der Waals surface area contributed by atoms with E-state index in [1.54, 1.807) is 19.3 Å².